The van der Waals surface area contributed by atoms with Crippen LogP contribution >= 0.6 is 0 Å². The lowest BCUT2D eigenvalue weighted by Gasteiger charge is -2.15. The summed E-state index contributed by atoms with van der Waals surface area (Å²) in [5.74, 6) is -1.80. The summed E-state index contributed by atoms with van der Waals surface area (Å²) in [5, 5.41) is 32.7. The molecule has 7 heteroatoms. The number of phenols is 1. The Balaban J connectivity index is 2.82. The van der Waals surface area contributed by atoms with Crippen LogP contribution in [0.25, 0.3) is 0 Å². The van der Waals surface area contributed by atoms with Gasteiger partial charge in [0.15, 0.2) is 0 Å². The third kappa shape index (κ3) is 5.71. The van der Waals surface area contributed by atoms with Gasteiger partial charge in [-0.25, -0.2) is 4.79 Å². The van der Waals surface area contributed by atoms with Gasteiger partial charge in [-0.15, -0.1) is 0 Å². The molecule has 1 aromatic rings. The average Bonchev–Trinajstić information content (AvgIpc) is 2.48. The number of benzene rings is 1. The Morgan fingerprint density at radius 1 is 1.35 bits per heavy atom. The molecule has 4 N–H and O–H groups in total. The number of nitriles is 1. The van der Waals surface area contributed by atoms with E-state index < -0.39 is 17.9 Å². The van der Waals surface area contributed by atoms with Gasteiger partial charge in [0.05, 0.1) is 5.69 Å². The number of carbonyl (C=O) groups is 2. The van der Waals surface area contributed by atoms with E-state index in [0.717, 1.165) is 6.20 Å². The minimum Gasteiger partial charge on any atom is -0.506 e. The van der Waals surface area contributed by atoms with Gasteiger partial charge < -0.3 is 20.8 Å². The van der Waals surface area contributed by atoms with E-state index in [4.69, 9.17) is 10.4 Å². The molecule has 1 unspecified atom stereocenters. The summed E-state index contributed by atoms with van der Waals surface area (Å²) in [4.78, 5) is 23.1. The highest BCUT2D eigenvalue weighted by atomic mass is 16.4. The topological polar surface area (TPSA) is 122 Å². The molecule has 1 rings (SSSR count). The quantitative estimate of drug-likeness (QED) is 0.346. The first-order chi connectivity index (χ1) is 10.8. The van der Waals surface area contributed by atoms with E-state index in [2.05, 4.69) is 10.6 Å². The van der Waals surface area contributed by atoms with Crippen molar-refractivity contribution in [1.29, 1.82) is 5.26 Å². The van der Waals surface area contributed by atoms with Gasteiger partial charge >= 0.3 is 5.97 Å². The molecule has 0 fully saturated rings. The molecule has 1 atom stereocenters. The van der Waals surface area contributed by atoms with E-state index in [1.54, 1.807) is 18.2 Å². The molecule has 122 valence electrons. The van der Waals surface area contributed by atoms with Gasteiger partial charge in [-0.3, -0.25) is 4.79 Å². The molecule has 0 radical (unpaired) electrons. The number of aromatic hydroxyl groups is 1. The monoisotopic (exact) mass is 317 g/mol. The van der Waals surface area contributed by atoms with E-state index in [1.165, 1.54) is 12.1 Å². The molecule has 1 amide bonds. The predicted octanol–water partition coefficient (Wildman–Crippen LogP) is 1.83. The second-order valence-corrected chi connectivity index (χ2v) is 5.33. The molecule has 1 aromatic carbocycles. The van der Waals surface area contributed by atoms with Crippen LogP contribution in [0.1, 0.15) is 20.3 Å². The smallest absolute Gasteiger partial charge is 0.326 e. The number of rotatable bonds is 7. The number of carbonyl (C=O) groups excluding carboxylic acids is 1. The van der Waals surface area contributed by atoms with Crippen LogP contribution < -0.4 is 10.6 Å². The van der Waals surface area contributed by atoms with Crippen LogP contribution in [-0.4, -0.2) is 28.1 Å². The lowest BCUT2D eigenvalue weighted by atomic mass is 10.0. The number of hydrogen-bond donors (Lipinski definition) is 4. The molecule has 23 heavy (non-hydrogen) atoms. The van der Waals surface area contributed by atoms with Crippen LogP contribution in [0.3, 0.4) is 0 Å². The zero-order chi connectivity index (χ0) is 17.4. The summed E-state index contributed by atoms with van der Waals surface area (Å²) in [6, 6.07) is 6.90. The third-order valence-electron chi connectivity index (χ3n) is 2.95. The number of carboxylic acids is 1. The summed E-state index contributed by atoms with van der Waals surface area (Å²) >= 11 is 0. The van der Waals surface area contributed by atoms with Crippen LogP contribution in [0, 0.1) is 17.2 Å². The van der Waals surface area contributed by atoms with E-state index in [-0.39, 0.29) is 22.9 Å². The Morgan fingerprint density at radius 3 is 2.52 bits per heavy atom. The molecule has 0 saturated heterocycles. The second-order valence-electron chi connectivity index (χ2n) is 5.33. The van der Waals surface area contributed by atoms with Gasteiger partial charge in [0, 0.05) is 6.20 Å². The number of hydrogen-bond acceptors (Lipinski definition) is 5. The first-order valence-corrected chi connectivity index (χ1v) is 7.03. The lowest BCUT2D eigenvalue weighted by molar-refractivity contribution is -0.139. The van der Waals surface area contributed by atoms with Crippen LogP contribution in [-0.2, 0) is 9.59 Å². The molecular weight excluding hydrogens is 298 g/mol. The molecule has 0 spiro atoms. The highest BCUT2D eigenvalue weighted by Gasteiger charge is 2.18. The molecular formula is C16H19N3O4. The van der Waals surface area contributed by atoms with Crippen molar-refractivity contribution in [3.8, 4) is 11.8 Å². The standard InChI is InChI=1S/C16H19N3O4/c1-10(2)7-13(16(22)23)18-9-11(8-17)15(21)19-12-5-3-4-6-14(12)20/h3-6,9-10,13,18,20H,7H2,1-2H3,(H,19,21)(H,22,23)/b11-9-. The Labute approximate surface area is 134 Å². The highest BCUT2D eigenvalue weighted by Crippen LogP contribution is 2.21. The lowest BCUT2D eigenvalue weighted by Crippen LogP contribution is -2.35. The molecule has 0 aliphatic heterocycles. The van der Waals surface area contributed by atoms with Crippen molar-refractivity contribution in [2.24, 2.45) is 5.92 Å². The number of anilines is 1. The van der Waals surface area contributed by atoms with Crippen LogP contribution in [0.5, 0.6) is 5.75 Å². The summed E-state index contributed by atoms with van der Waals surface area (Å²) < 4.78 is 0. The second kappa shape index (κ2) is 8.44. The third-order valence-corrected chi connectivity index (χ3v) is 2.95. The Kier molecular flexibility index (Phi) is 6.62. The molecule has 0 heterocycles. The molecule has 0 aromatic heterocycles. The van der Waals surface area contributed by atoms with Crippen molar-refractivity contribution in [2.75, 3.05) is 5.32 Å². The normalized spacial score (nSPS) is 12.3. The van der Waals surface area contributed by atoms with Crippen molar-refractivity contribution in [2.45, 2.75) is 26.3 Å². The van der Waals surface area contributed by atoms with E-state index in [1.807, 2.05) is 13.8 Å². The van der Waals surface area contributed by atoms with Crippen molar-refractivity contribution >= 4 is 17.6 Å². The molecule has 0 saturated carbocycles. The Hall–Kier alpha value is -3.01. The summed E-state index contributed by atoms with van der Waals surface area (Å²) in [5.41, 5.74) is -0.126. The summed E-state index contributed by atoms with van der Waals surface area (Å²) in [6.07, 6.45) is 1.43. The minimum atomic E-state index is -1.06. The van der Waals surface area contributed by atoms with Gasteiger partial charge in [0.2, 0.25) is 0 Å². The van der Waals surface area contributed by atoms with Crippen molar-refractivity contribution in [1.82, 2.24) is 5.32 Å². The summed E-state index contributed by atoms with van der Waals surface area (Å²) in [7, 11) is 0. The Bertz CT molecular complexity index is 647. The van der Waals surface area contributed by atoms with Gasteiger partial charge in [-0.1, -0.05) is 26.0 Å². The maximum Gasteiger partial charge on any atom is 0.326 e. The number of nitrogens with zero attached hydrogens (tertiary/aromatic N) is 1. The van der Waals surface area contributed by atoms with Gasteiger partial charge in [0.1, 0.15) is 23.4 Å². The number of amides is 1. The van der Waals surface area contributed by atoms with Gasteiger partial charge in [-0.05, 0) is 24.5 Å². The maximum absolute atomic E-state index is 12.0. The molecule has 0 aliphatic carbocycles. The number of aliphatic carboxylic acids is 1. The number of carboxylic acid groups (broad SMARTS) is 1. The van der Waals surface area contributed by atoms with E-state index >= 15 is 0 Å². The fourth-order valence-corrected chi connectivity index (χ4v) is 1.81. The zero-order valence-corrected chi connectivity index (χ0v) is 12.9. The number of nitrogens with one attached hydrogen (secondary N) is 2. The first-order valence-electron chi connectivity index (χ1n) is 7.03. The summed E-state index contributed by atoms with van der Waals surface area (Å²) in [6.45, 7) is 3.74. The van der Waals surface area contributed by atoms with Gasteiger partial charge in [0.25, 0.3) is 5.91 Å². The predicted molar refractivity (Wildman–Crippen MR) is 84.4 cm³/mol. The van der Waals surface area contributed by atoms with Gasteiger partial charge in [-0.2, -0.15) is 5.26 Å². The number of phenolic OH excluding ortho intramolecular Hbond substituents is 1. The zero-order valence-electron chi connectivity index (χ0n) is 12.9. The molecule has 0 aliphatic rings. The number of para-hydroxylation sites is 2. The van der Waals surface area contributed by atoms with E-state index in [9.17, 15) is 14.7 Å². The van der Waals surface area contributed by atoms with Crippen molar-refractivity contribution < 1.29 is 19.8 Å². The largest absolute Gasteiger partial charge is 0.506 e. The highest BCUT2D eigenvalue weighted by molar-refractivity contribution is 6.07. The SMILES string of the molecule is CC(C)CC(N/C=C(/C#N)C(=O)Nc1ccccc1O)C(=O)O. The van der Waals surface area contributed by atoms with Crippen LogP contribution in [0.15, 0.2) is 36.0 Å². The Morgan fingerprint density at radius 2 is 2.00 bits per heavy atom. The fraction of sp³-hybridized carbons (Fsp3) is 0.312. The van der Waals surface area contributed by atoms with E-state index in [0.29, 0.717) is 6.42 Å². The van der Waals surface area contributed by atoms with Crippen molar-refractivity contribution in [3.05, 3.63) is 36.0 Å². The van der Waals surface area contributed by atoms with Crippen LogP contribution in [0.2, 0.25) is 0 Å². The molecule has 0 bridgehead atoms. The van der Waals surface area contributed by atoms with Crippen molar-refractivity contribution in [3.63, 3.8) is 0 Å². The van der Waals surface area contributed by atoms with Crippen LogP contribution in [0.4, 0.5) is 5.69 Å². The average molecular weight is 317 g/mol. The fourth-order valence-electron chi connectivity index (χ4n) is 1.81. The maximum atomic E-state index is 12.0. The first kappa shape index (κ1) is 18.0. The molecule has 7 nitrogen and oxygen atoms in total. The minimum absolute atomic E-state index is 0.130.